The van der Waals surface area contributed by atoms with Crippen LogP contribution < -0.4 is 10.9 Å². The smallest absolute Gasteiger partial charge is 0.410 e. The lowest BCUT2D eigenvalue weighted by Gasteiger charge is -2.11. The zero-order chi connectivity index (χ0) is 21.8. The van der Waals surface area contributed by atoms with Gasteiger partial charge in [-0.2, -0.15) is 0 Å². The van der Waals surface area contributed by atoms with Crippen LogP contribution in [-0.4, -0.2) is 24.1 Å². The van der Waals surface area contributed by atoms with Gasteiger partial charge >= 0.3 is 11.7 Å². The Morgan fingerprint density at radius 3 is 2.66 bits per heavy atom. The first kappa shape index (κ1) is 23.9. The standard InChI is InChI=1S/C22H29NO6/c1-5-6-7-8-12-16(3)20(25)19-17(24)14-18(29-21(19)26)15(2)11-9-10-13-23-22(27)28-4/h7-8,10,12-15,24H,5-6,9,11H2,1-4H3,(H,23,27)/b8-7+,13-10+,16-12+. The molecule has 2 N–H and O–H groups in total. The highest BCUT2D eigenvalue weighted by Gasteiger charge is 2.21. The third-order valence-corrected chi connectivity index (χ3v) is 4.23. The molecule has 0 spiro atoms. The van der Waals surface area contributed by atoms with Crippen LogP contribution in [0.2, 0.25) is 0 Å². The highest BCUT2D eigenvalue weighted by atomic mass is 16.5. The molecule has 1 aromatic rings. The number of hydrogen-bond acceptors (Lipinski definition) is 6. The lowest BCUT2D eigenvalue weighted by atomic mass is 10.00. The van der Waals surface area contributed by atoms with Crippen molar-refractivity contribution in [1.29, 1.82) is 0 Å². The molecule has 0 aliphatic carbocycles. The fraction of sp³-hybridized carbons (Fsp3) is 0.409. The van der Waals surface area contributed by atoms with Crippen LogP contribution in [0.1, 0.15) is 68.5 Å². The van der Waals surface area contributed by atoms with E-state index in [1.807, 2.05) is 19.9 Å². The Labute approximate surface area is 170 Å². The molecule has 0 fully saturated rings. The molecule has 1 aromatic heterocycles. The second-order valence-corrected chi connectivity index (χ2v) is 6.61. The molecule has 0 aromatic carbocycles. The molecule has 7 heteroatoms. The van der Waals surface area contributed by atoms with Crippen LogP contribution in [0.25, 0.3) is 0 Å². The Kier molecular flexibility index (Phi) is 10.2. The van der Waals surface area contributed by atoms with Crippen LogP contribution in [0.4, 0.5) is 4.79 Å². The van der Waals surface area contributed by atoms with Gasteiger partial charge in [-0.3, -0.25) is 10.1 Å². The van der Waals surface area contributed by atoms with Gasteiger partial charge in [-0.05, 0) is 31.8 Å². The molecule has 0 saturated carbocycles. The van der Waals surface area contributed by atoms with Gasteiger partial charge in [0.25, 0.3) is 0 Å². The summed E-state index contributed by atoms with van der Waals surface area (Å²) in [5.41, 5.74) is -0.880. The summed E-state index contributed by atoms with van der Waals surface area (Å²) in [7, 11) is 1.27. The Morgan fingerprint density at radius 1 is 1.31 bits per heavy atom. The van der Waals surface area contributed by atoms with E-state index in [4.69, 9.17) is 4.42 Å². The van der Waals surface area contributed by atoms with E-state index in [0.717, 1.165) is 12.8 Å². The molecule has 1 heterocycles. The van der Waals surface area contributed by atoms with Crippen LogP contribution in [0, 0.1) is 0 Å². The number of ether oxygens (including phenoxy) is 1. The number of amides is 1. The maximum atomic E-state index is 12.5. The summed E-state index contributed by atoms with van der Waals surface area (Å²) in [5.74, 6) is -0.827. The topological polar surface area (TPSA) is 106 Å². The summed E-state index contributed by atoms with van der Waals surface area (Å²) < 4.78 is 9.72. The second-order valence-electron chi connectivity index (χ2n) is 6.61. The fourth-order valence-electron chi connectivity index (χ4n) is 2.46. The minimum absolute atomic E-state index is 0.172. The summed E-state index contributed by atoms with van der Waals surface area (Å²) in [5, 5.41) is 12.7. The lowest BCUT2D eigenvalue weighted by molar-refractivity contribution is 0.102. The van der Waals surface area contributed by atoms with Crippen LogP contribution in [0.5, 0.6) is 5.75 Å². The van der Waals surface area contributed by atoms with Crippen molar-refractivity contribution in [3.63, 3.8) is 0 Å². The number of carbonyl (C=O) groups is 2. The molecular weight excluding hydrogens is 374 g/mol. The van der Waals surface area contributed by atoms with E-state index in [1.165, 1.54) is 19.4 Å². The van der Waals surface area contributed by atoms with Crippen molar-refractivity contribution < 1.29 is 23.8 Å². The van der Waals surface area contributed by atoms with Crippen LogP contribution in [0.15, 0.2) is 51.4 Å². The highest BCUT2D eigenvalue weighted by Crippen LogP contribution is 2.25. The molecule has 7 nitrogen and oxygen atoms in total. The van der Waals surface area contributed by atoms with Crippen molar-refractivity contribution in [2.75, 3.05) is 7.11 Å². The van der Waals surface area contributed by atoms with E-state index < -0.39 is 17.5 Å². The normalized spacial score (nSPS) is 13.0. The zero-order valence-corrected chi connectivity index (χ0v) is 17.4. The minimum Gasteiger partial charge on any atom is -0.507 e. The maximum Gasteiger partial charge on any atom is 0.410 e. The summed E-state index contributed by atoms with van der Waals surface area (Å²) in [4.78, 5) is 35.7. The zero-order valence-electron chi connectivity index (χ0n) is 17.4. The molecule has 0 bridgehead atoms. The molecule has 158 valence electrons. The molecule has 1 atom stereocenters. The average molecular weight is 403 g/mol. The van der Waals surface area contributed by atoms with Crippen molar-refractivity contribution in [2.24, 2.45) is 0 Å². The third kappa shape index (κ3) is 7.81. The quantitative estimate of drug-likeness (QED) is 0.336. The predicted molar refractivity (Wildman–Crippen MR) is 111 cm³/mol. The van der Waals surface area contributed by atoms with Crippen molar-refractivity contribution in [1.82, 2.24) is 5.32 Å². The molecule has 1 unspecified atom stereocenters. The summed E-state index contributed by atoms with van der Waals surface area (Å²) >= 11 is 0. The van der Waals surface area contributed by atoms with E-state index in [0.29, 0.717) is 24.2 Å². The first-order valence-corrected chi connectivity index (χ1v) is 9.56. The summed E-state index contributed by atoms with van der Waals surface area (Å²) in [6.45, 7) is 5.47. The van der Waals surface area contributed by atoms with Crippen molar-refractivity contribution in [2.45, 2.75) is 52.4 Å². The number of ketones is 1. The number of unbranched alkanes of at least 4 members (excludes halogenated alkanes) is 1. The number of methoxy groups -OCH3 is 1. The maximum absolute atomic E-state index is 12.5. The van der Waals surface area contributed by atoms with Crippen LogP contribution in [-0.2, 0) is 4.74 Å². The summed E-state index contributed by atoms with van der Waals surface area (Å²) in [6, 6.07) is 1.32. The van der Waals surface area contributed by atoms with Gasteiger partial charge in [0.05, 0.1) is 7.11 Å². The van der Waals surface area contributed by atoms with Gasteiger partial charge in [0.15, 0.2) is 5.78 Å². The number of alkyl carbamates (subject to hydrolysis) is 1. The minimum atomic E-state index is -0.856. The number of hydrogen-bond donors (Lipinski definition) is 2. The average Bonchev–Trinajstić information content (AvgIpc) is 2.69. The van der Waals surface area contributed by atoms with Crippen LogP contribution >= 0.6 is 0 Å². The molecule has 0 radical (unpaired) electrons. The highest BCUT2D eigenvalue weighted by molar-refractivity contribution is 6.09. The lowest BCUT2D eigenvalue weighted by Crippen LogP contribution is -2.16. The SMILES string of the molecule is CCC/C=C/C=C(\C)C(=O)c1c(O)cc(C(C)CC/C=C/NC(=O)OC)oc1=O. The largest absolute Gasteiger partial charge is 0.507 e. The Hall–Kier alpha value is -3.09. The second kappa shape index (κ2) is 12.4. The Bertz CT molecular complexity index is 847. The van der Waals surface area contributed by atoms with Crippen molar-refractivity contribution in [3.05, 3.63) is 63.9 Å². The first-order valence-electron chi connectivity index (χ1n) is 9.56. The van der Waals surface area contributed by atoms with Gasteiger partial charge in [0.2, 0.25) is 0 Å². The third-order valence-electron chi connectivity index (χ3n) is 4.23. The molecule has 1 amide bonds. The molecule has 1 rings (SSSR count). The van der Waals surface area contributed by atoms with E-state index in [9.17, 15) is 19.5 Å². The number of nitrogens with one attached hydrogen (secondary N) is 1. The Morgan fingerprint density at radius 2 is 2.03 bits per heavy atom. The summed E-state index contributed by atoms with van der Waals surface area (Å²) in [6.07, 6.45) is 11.1. The number of carbonyl (C=O) groups excluding carboxylic acids is 2. The molecule has 29 heavy (non-hydrogen) atoms. The molecular formula is C22H29NO6. The fourth-order valence-corrected chi connectivity index (χ4v) is 2.46. The van der Waals surface area contributed by atoms with Gasteiger partial charge in [-0.1, -0.05) is 44.6 Å². The molecule has 0 aliphatic rings. The van der Waals surface area contributed by atoms with Crippen molar-refractivity contribution in [3.8, 4) is 5.75 Å². The Balaban J connectivity index is 2.84. The van der Waals surface area contributed by atoms with E-state index in [2.05, 4.69) is 10.1 Å². The first-order chi connectivity index (χ1) is 13.8. The monoisotopic (exact) mass is 403 g/mol. The van der Waals surface area contributed by atoms with E-state index in [1.54, 1.807) is 25.2 Å². The predicted octanol–water partition coefficient (Wildman–Crippen LogP) is 4.58. The number of rotatable bonds is 10. The van der Waals surface area contributed by atoms with Gasteiger partial charge in [-0.15, -0.1) is 0 Å². The van der Waals surface area contributed by atoms with Gasteiger partial charge in [-0.25, -0.2) is 9.59 Å². The van der Waals surface area contributed by atoms with Gasteiger partial charge in [0, 0.05) is 18.2 Å². The van der Waals surface area contributed by atoms with E-state index >= 15 is 0 Å². The van der Waals surface area contributed by atoms with Crippen molar-refractivity contribution >= 4 is 11.9 Å². The van der Waals surface area contributed by atoms with Gasteiger partial charge < -0.3 is 14.3 Å². The van der Waals surface area contributed by atoms with E-state index in [-0.39, 0.29) is 17.2 Å². The van der Waals surface area contributed by atoms with Crippen LogP contribution in [0.3, 0.4) is 0 Å². The number of Topliss-reactive ketones (excluding diaryl/α,β-unsaturated/α-hetero) is 1. The molecule has 0 saturated heterocycles. The number of aromatic hydroxyl groups is 1. The molecule has 0 aliphatic heterocycles. The van der Waals surface area contributed by atoms with Gasteiger partial charge in [0.1, 0.15) is 17.1 Å². The number of allylic oxidation sites excluding steroid dienone is 5.